The van der Waals surface area contributed by atoms with Crippen LogP contribution in [0.4, 0.5) is 0 Å². The molecule has 0 bridgehead atoms. The number of benzene rings is 3. The zero-order valence-electron chi connectivity index (χ0n) is 19.0. The third-order valence-corrected chi connectivity index (χ3v) is 5.13. The van der Waals surface area contributed by atoms with Crippen molar-refractivity contribution in [3.63, 3.8) is 0 Å². The number of methoxy groups -OCH3 is 1. The molecule has 33 heavy (non-hydrogen) atoms. The average Bonchev–Trinajstić information content (AvgIpc) is 2.85. The molecule has 0 aliphatic rings. The van der Waals surface area contributed by atoms with Crippen molar-refractivity contribution in [1.82, 2.24) is 5.32 Å². The molecule has 0 aromatic heterocycles. The molecule has 0 saturated heterocycles. The molecule has 1 amide bonds. The van der Waals surface area contributed by atoms with Gasteiger partial charge in [-0.05, 0) is 42.2 Å². The first kappa shape index (κ1) is 23.9. The minimum Gasteiger partial charge on any atom is -0.493 e. The molecular formula is C28H29NO4. The molecule has 1 atom stereocenters. The first-order chi connectivity index (χ1) is 16.1. The van der Waals surface area contributed by atoms with Crippen LogP contribution in [0, 0.1) is 19.3 Å². The van der Waals surface area contributed by atoms with Gasteiger partial charge in [-0.3, -0.25) is 4.79 Å². The highest BCUT2D eigenvalue weighted by molar-refractivity contribution is 5.82. The summed E-state index contributed by atoms with van der Waals surface area (Å²) in [4.78, 5) is 12.8. The number of nitrogens with one attached hydrogen (secondary N) is 1. The van der Waals surface area contributed by atoms with Crippen LogP contribution in [-0.2, 0) is 22.6 Å². The maximum Gasteiger partial charge on any atom is 0.253 e. The van der Waals surface area contributed by atoms with Crippen molar-refractivity contribution in [3.05, 3.63) is 95.1 Å². The van der Waals surface area contributed by atoms with Crippen molar-refractivity contribution in [2.24, 2.45) is 0 Å². The minimum atomic E-state index is -0.745. The Labute approximate surface area is 195 Å². The van der Waals surface area contributed by atoms with E-state index >= 15 is 0 Å². The lowest BCUT2D eigenvalue weighted by Gasteiger charge is -2.17. The van der Waals surface area contributed by atoms with E-state index in [1.54, 1.807) is 7.11 Å². The van der Waals surface area contributed by atoms with Crippen LogP contribution >= 0.6 is 0 Å². The monoisotopic (exact) mass is 443 g/mol. The van der Waals surface area contributed by atoms with Gasteiger partial charge in [0.15, 0.2) is 17.6 Å². The van der Waals surface area contributed by atoms with Gasteiger partial charge in [-0.2, -0.15) is 0 Å². The molecular weight excluding hydrogens is 414 g/mol. The van der Waals surface area contributed by atoms with Gasteiger partial charge in [0.25, 0.3) is 5.91 Å². The van der Waals surface area contributed by atoms with Gasteiger partial charge in [0, 0.05) is 6.54 Å². The highest BCUT2D eigenvalue weighted by atomic mass is 16.5. The summed E-state index contributed by atoms with van der Waals surface area (Å²) >= 11 is 0. The van der Waals surface area contributed by atoms with Crippen LogP contribution in [0.3, 0.4) is 0 Å². The molecule has 0 fully saturated rings. The van der Waals surface area contributed by atoms with Gasteiger partial charge in [0.1, 0.15) is 13.2 Å². The molecule has 1 N–H and O–H groups in total. The van der Waals surface area contributed by atoms with Gasteiger partial charge in [-0.25, -0.2) is 0 Å². The minimum absolute atomic E-state index is 0.0631. The van der Waals surface area contributed by atoms with Crippen LogP contribution < -0.4 is 14.8 Å². The van der Waals surface area contributed by atoms with E-state index in [9.17, 15) is 4.79 Å². The van der Waals surface area contributed by atoms with Crippen LogP contribution in [0.25, 0.3) is 0 Å². The first-order valence-corrected chi connectivity index (χ1v) is 10.8. The smallest absolute Gasteiger partial charge is 0.253 e. The van der Waals surface area contributed by atoms with Gasteiger partial charge in [-0.15, -0.1) is 6.42 Å². The van der Waals surface area contributed by atoms with E-state index in [2.05, 4.69) is 11.2 Å². The summed E-state index contributed by atoms with van der Waals surface area (Å²) in [7, 11) is 1.62. The van der Waals surface area contributed by atoms with Gasteiger partial charge in [0.2, 0.25) is 0 Å². The van der Waals surface area contributed by atoms with Crippen LogP contribution in [-0.4, -0.2) is 26.2 Å². The molecule has 0 radical (unpaired) electrons. The van der Waals surface area contributed by atoms with Gasteiger partial charge in [0.05, 0.1) is 7.11 Å². The predicted octanol–water partition coefficient (Wildman–Crippen LogP) is 4.63. The van der Waals surface area contributed by atoms with Crippen LogP contribution in [0.15, 0.2) is 72.8 Å². The van der Waals surface area contributed by atoms with E-state index in [4.69, 9.17) is 20.6 Å². The van der Waals surface area contributed by atoms with E-state index in [1.165, 1.54) is 0 Å². The maximum atomic E-state index is 12.8. The Balaban J connectivity index is 1.57. The summed E-state index contributed by atoms with van der Waals surface area (Å²) in [5.41, 5.74) is 3.99. The Hall–Kier alpha value is -3.75. The molecule has 3 aromatic carbocycles. The molecule has 0 aliphatic carbocycles. The maximum absolute atomic E-state index is 12.8. The number of aryl methyl sites for hydroxylation is 1. The quantitative estimate of drug-likeness (QED) is 0.439. The number of hydrogen-bond acceptors (Lipinski definition) is 4. The molecule has 3 rings (SSSR count). The fourth-order valence-electron chi connectivity index (χ4n) is 3.34. The molecule has 5 heteroatoms. The summed E-state index contributed by atoms with van der Waals surface area (Å²) in [6, 6.07) is 23.4. The van der Waals surface area contributed by atoms with E-state index in [0.717, 1.165) is 22.3 Å². The molecule has 0 saturated carbocycles. The lowest BCUT2D eigenvalue weighted by Crippen LogP contribution is -2.32. The summed E-state index contributed by atoms with van der Waals surface area (Å²) in [6.45, 7) is 2.97. The third kappa shape index (κ3) is 7.13. The molecule has 0 aliphatic heterocycles. The second kappa shape index (κ2) is 12.3. The van der Waals surface area contributed by atoms with Gasteiger partial charge >= 0.3 is 0 Å². The summed E-state index contributed by atoms with van der Waals surface area (Å²) in [6.07, 6.45) is 5.21. The highest BCUT2D eigenvalue weighted by Gasteiger charge is 2.20. The topological polar surface area (TPSA) is 56.8 Å². The summed E-state index contributed by atoms with van der Waals surface area (Å²) in [5.74, 6) is 3.54. The van der Waals surface area contributed by atoms with Crippen molar-refractivity contribution in [2.75, 3.05) is 20.3 Å². The first-order valence-electron chi connectivity index (χ1n) is 10.8. The van der Waals surface area contributed by atoms with Crippen LogP contribution in [0.1, 0.15) is 28.4 Å². The highest BCUT2D eigenvalue weighted by Crippen LogP contribution is 2.29. The number of hydrogen-bond donors (Lipinski definition) is 1. The Morgan fingerprint density at radius 1 is 1.00 bits per heavy atom. The number of carbonyl (C=O) groups excluding carboxylic acids is 1. The largest absolute Gasteiger partial charge is 0.493 e. The molecule has 5 nitrogen and oxygen atoms in total. The van der Waals surface area contributed by atoms with Crippen molar-refractivity contribution < 1.29 is 19.0 Å². The van der Waals surface area contributed by atoms with Crippen molar-refractivity contribution in [1.29, 1.82) is 0 Å². The van der Waals surface area contributed by atoms with Crippen molar-refractivity contribution in [3.8, 4) is 23.8 Å². The van der Waals surface area contributed by atoms with Crippen LogP contribution in [0.5, 0.6) is 11.5 Å². The molecule has 0 spiro atoms. The van der Waals surface area contributed by atoms with E-state index in [-0.39, 0.29) is 12.5 Å². The summed E-state index contributed by atoms with van der Waals surface area (Å²) < 4.78 is 17.0. The lowest BCUT2D eigenvalue weighted by molar-refractivity contribution is -0.132. The Morgan fingerprint density at radius 2 is 1.76 bits per heavy atom. The molecule has 3 aromatic rings. The predicted molar refractivity (Wildman–Crippen MR) is 129 cm³/mol. The molecule has 170 valence electrons. The summed E-state index contributed by atoms with van der Waals surface area (Å²) in [5, 5.41) is 2.95. The van der Waals surface area contributed by atoms with Gasteiger partial charge < -0.3 is 19.5 Å². The number of terminal acetylenes is 1. The second-order valence-electron chi connectivity index (χ2n) is 7.61. The van der Waals surface area contributed by atoms with Crippen LogP contribution in [0.2, 0.25) is 0 Å². The number of amides is 1. The van der Waals surface area contributed by atoms with Crippen molar-refractivity contribution >= 4 is 5.91 Å². The van der Waals surface area contributed by atoms with Crippen molar-refractivity contribution in [2.45, 2.75) is 26.1 Å². The van der Waals surface area contributed by atoms with E-state index in [1.807, 2.05) is 79.7 Å². The fraction of sp³-hybridized carbons (Fsp3) is 0.250. The fourth-order valence-corrected chi connectivity index (χ4v) is 3.34. The van der Waals surface area contributed by atoms with E-state index < -0.39 is 6.10 Å². The third-order valence-electron chi connectivity index (χ3n) is 5.13. The Bertz CT molecular complexity index is 1070. The number of rotatable bonds is 11. The lowest BCUT2D eigenvalue weighted by atomic mass is 10.1. The zero-order valence-corrected chi connectivity index (χ0v) is 19.0. The molecule has 0 heterocycles. The molecule has 1 unspecified atom stereocenters. The SMILES string of the molecule is C#CCOC(C(=O)NCCc1ccc(OCc2ccccc2)c(OC)c1)c1ccc(C)cc1. The van der Waals surface area contributed by atoms with Gasteiger partial charge in [-0.1, -0.05) is 72.1 Å². The zero-order chi connectivity index (χ0) is 23.5. The Morgan fingerprint density at radius 3 is 2.45 bits per heavy atom. The van der Waals surface area contributed by atoms with E-state index in [0.29, 0.717) is 31.1 Å². The standard InChI is InChI=1S/C28H29NO4/c1-4-18-32-27(24-13-10-21(2)11-14-24)28(30)29-17-16-22-12-15-25(26(19-22)31-3)33-20-23-8-6-5-7-9-23/h1,5-15,19,27H,16-18,20H2,2-3H3,(H,29,30). The number of carbonyl (C=O) groups is 1. The average molecular weight is 444 g/mol. The number of ether oxygens (including phenoxy) is 3. The normalized spacial score (nSPS) is 11.3. The Kier molecular flexibility index (Phi) is 8.93. The second-order valence-corrected chi connectivity index (χ2v) is 7.61.